The van der Waals surface area contributed by atoms with Crippen molar-refractivity contribution in [2.75, 3.05) is 0 Å². The van der Waals surface area contributed by atoms with Crippen molar-refractivity contribution in [3.63, 3.8) is 0 Å². The monoisotopic (exact) mass is 259 g/mol. The van der Waals surface area contributed by atoms with Crippen LogP contribution in [-0.4, -0.2) is 27.2 Å². The van der Waals surface area contributed by atoms with Gasteiger partial charge in [0.1, 0.15) is 5.69 Å². The lowest BCUT2D eigenvalue weighted by molar-refractivity contribution is -0.384. The largest absolute Gasteiger partial charge is 0.289 e. The van der Waals surface area contributed by atoms with Gasteiger partial charge in [0.15, 0.2) is 0 Å². The third kappa shape index (κ3) is 3.22. The number of non-ortho nitro benzene ring substituents is 1. The molecule has 0 saturated heterocycles. The summed E-state index contributed by atoms with van der Waals surface area (Å²) in [5.74, 6) is -0.445. The molecule has 19 heavy (non-hydrogen) atoms. The molecule has 1 aromatic carbocycles. The first-order chi connectivity index (χ1) is 9.16. The van der Waals surface area contributed by atoms with Crippen molar-refractivity contribution in [2.24, 2.45) is 5.10 Å². The lowest BCUT2D eigenvalue weighted by Gasteiger charge is -1.96. The number of nitro groups is 1. The molecule has 2 N–H and O–H groups in total. The van der Waals surface area contributed by atoms with Gasteiger partial charge in [-0.25, -0.2) is 5.43 Å². The standard InChI is InChI=1S/C11H9N5O3/c17-11(10-4-5-12-14-10)15-13-7-8-2-1-3-9(6-8)16(18)19/h1-7H,(H,12,14)(H,15,17)/b13-7+. The predicted octanol–water partition coefficient (Wildman–Crippen LogP) is 1.08. The second kappa shape index (κ2) is 5.54. The van der Waals surface area contributed by atoms with Crippen molar-refractivity contribution in [3.8, 4) is 0 Å². The van der Waals surface area contributed by atoms with E-state index < -0.39 is 10.8 Å². The SMILES string of the molecule is O=C(N/N=C/c1cccc([N+](=O)[O-])c1)c1ccn[nH]1. The summed E-state index contributed by atoms with van der Waals surface area (Å²) < 4.78 is 0. The van der Waals surface area contributed by atoms with Crippen molar-refractivity contribution in [1.29, 1.82) is 0 Å². The number of carbonyl (C=O) groups excluding carboxylic acids is 1. The Hall–Kier alpha value is -3.03. The minimum atomic E-state index is -0.499. The summed E-state index contributed by atoms with van der Waals surface area (Å²) in [7, 11) is 0. The Morgan fingerprint density at radius 3 is 3.00 bits per heavy atom. The number of carbonyl (C=O) groups is 1. The number of nitro benzene ring substituents is 1. The number of aromatic amines is 1. The number of hydrogen-bond acceptors (Lipinski definition) is 5. The number of H-pyrrole nitrogens is 1. The predicted molar refractivity (Wildman–Crippen MR) is 66.7 cm³/mol. The minimum absolute atomic E-state index is 0.0381. The molecule has 1 amide bonds. The molecule has 0 aliphatic heterocycles. The number of nitrogens with one attached hydrogen (secondary N) is 2. The first kappa shape index (κ1) is 12.4. The van der Waals surface area contributed by atoms with Crippen molar-refractivity contribution >= 4 is 17.8 Å². The molecule has 0 atom stereocenters. The van der Waals surface area contributed by atoms with E-state index in [0.717, 1.165) is 0 Å². The zero-order valence-electron chi connectivity index (χ0n) is 9.61. The third-order valence-electron chi connectivity index (χ3n) is 2.21. The summed E-state index contributed by atoms with van der Waals surface area (Å²) in [6.45, 7) is 0. The van der Waals surface area contributed by atoms with Gasteiger partial charge in [-0.3, -0.25) is 20.0 Å². The van der Waals surface area contributed by atoms with Gasteiger partial charge in [0.2, 0.25) is 0 Å². The van der Waals surface area contributed by atoms with Gasteiger partial charge in [0.05, 0.1) is 11.1 Å². The lowest BCUT2D eigenvalue weighted by atomic mass is 10.2. The maximum absolute atomic E-state index is 11.5. The summed E-state index contributed by atoms with van der Waals surface area (Å²) in [4.78, 5) is 21.5. The summed E-state index contributed by atoms with van der Waals surface area (Å²) in [6, 6.07) is 7.40. The highest BCUT2D eigenvalue weighted by Crippen LogP contribution is 2.11. The number of hydrazone groups is 1. The van der Waals surface area contributed by atoms with E-state index in [2.05, 4.69) is 20.7 Å². The van der Waals surface area contributed by atoms with Crippen LogP contribution < -0.4 is 5.43 Å². The van der Waals surface area contributed by atoms with Crippen molar-refractivity contribution in [2.45, 2.75) is 0 Å². The Morgan fingerprint density at radius 1 is 1.47 bits per heavy atom. The summed E-state index contributed by atoms with van der Waals surface area (Å²) >= 11 is 0. The quantitative estimate of drug-likeness (QED) is 0.485. The molecule has 1 heterocycles. The molecule has 8 nitrogen and oxygen atoms in total. The van der Waals surface area contributed by atoms with Gasteiger partial charge in [-0.1, -0.05) is 12.1 Å². The van der Waals surface area contributed by atoms with E-state index in [1.54, 1.807) is 6.07 Å². The average Bonchev–Trinajstić information content (AvgIpc) is 2.93. The van der Waals surface area contributed by atoms with E-state index in [9.17, 15) is 14.9 Å². The molecule has 0 aliphatic rings. The highest BCUT2D eigenvalue weighted by molar-refractivity contribution is 5.93. The van der Waals surface area contributed by atoms with Crippen molar-refractivity contribution in [3.05, 3.63) is 57.9 Å². The molecule has 96 valence electrons. The van der Waals surface area contributed by atoms with E-state index in [-0.39, 0.29) is 11.4 Å². The van der Waals surface area contributed by atoms with Gasteiger partial charge in [-0.2, -0.15) is 10.2 Å². The van der Waals surface area contributed by atoms with Crippen LogP contribution in [0.1, 0.15) is 16.1 Å². The van der Waals surface area contributed by atoms with E-state index in [4.69, 9.17) is 0 Å². The third-order valence-corrected chi connectivity index (χ3v) is 2.21. The van der Waals surface area contributed by atoms with E-state index in [0.29, 0.717) is 5.56 Å². The van der Waals surface area contributed by atoms with Crippen molar-refractivity contribution in [1.82, 2.24) is 15.6 Å². The normalized spacial score (nSPS) is 10.5. The first-order valence-electron chi connectivity index (χ1n) is 5.24. The molecular weight excluding hydrogens is 250 g/mol. The van der Waals surface area contributed by atoms with E-state index in [1.807, 2.05) is 0 Å². The highest BCUT2D eigenvalue weighted by atomic mass is 16.6. The van der Waals surface area contributed by atoms with Crippen LogP contribution in [0, 0.1) is 10.1 Å². The van der Waals surface area contributed by atoms with Crippen LogP contribution in [0.25, 0.3) is 0 Å². The zero-order chi connectivity index (χ0) is 13.7. The Labute approximate surface area is 107 Å². The number of hydrogen-bond donors (Lipinski definition) is 2. The van der Waals surface area contributed by atoms with Crippen molar-refractivity contribution < 1.29 is 9.72 Å². The number of rotatable bonds is 4. The second-order valence-electron chi connectivity index (χ2n) is 3.52. The van der Waals surface area contributed by atoms with Crippen LogP contribution in [0.3, 0.4) is 0 Å². The Kier molecular flexibility index (Phi) is 3.62. The lowest BCUT2D eigenvalue weighted by Crippen LogP contribution is -2.17. The van der Waals surface area contributed by atoms with Gasteiger partial charge < -0.3 is 0 Å². The number of amides is 1. The number of nitrogens with zero attached hydrogens (tertiary/aromatic N) is 3. The molecule has 0 aliphatic carbocycles. The van der Waals surface area contributed by atoms with Crippen LogP contribution in [0.4, 0.5) is 5.69 Å². The van der Waals surface area contributed by atoms with Crippen LogP contribution in [0.2, 0.25) is 0 Å². The molecule has 0 spiro atoms. The van der Waals surface area contributed by atoms with Gasteiger partial charge in [0.25, 0.3) is 11.6 Å². The molecule has 1 aromatic heterocycles. The van der Waals surface area contributed by atoms with E-state index >= 15 is 0 Å². The summed E-state index contributed by atoms with van der Waals surface area (Å²) in [5, 5.41) is 20.4. The topological polar surface area (TPSA) is 113 Å². The number of aromatic nitrogens is 2. The fourth-order valence-corrected chi connectivity index (χ4v) is 1.33. The minimum Gasteiger partial charge on any atom is -0.273 e. The molecule has 2 aromatic rings. The van der Waals surface area contributed by atoms with Gasteiger partial charge >= 0.3 is 0 Å². The molecule has 2 rings (SSSR count). The van der Waals surface area contributed by atoms with Crippen LogP contribution >= 0.6 is 0 Å². The molecule has 0 saturated carbocycles. The number of benzene rings is 1. The van der Waals surface area contributed by atoms with E-state index in [1.165, 1.54) is 36.7 Å². The molecule has 0 unspecified atom stereocenters. The zero-order valence-corrected chi connectivity index (χ0v) is 9.61. The van der Waals surface area contributed by atoms with Crippen LogP contribution in [0.5, 0.6) is 0 Å². The summed E-state index contributed by atoms with van der Waals surface area (Å²) in [6.07, 6.45) is 2.76. The van der Waals surface area contributed by atoms with Gasteiger partial charge in [-0.15, -0.1) is 0 Å². The smallest absolute Gasteiger partial charge is 0.273 e. The maximum atomic E-state index is 11.5. The molecule has 0 radical (unpaired) electrons. The average molecular weight is 259 g/mol. The Morgan fingerprint density at radius 2 is 2.32 bits per heavy atom. The molecular formula is C11H9N5O3. The fraction of sp³-hybridized carbons (Fsp3) is 0. The molecule has 8 heteroatoms. The summed E-state index contributed by atoms with van der Waals surface area (Å²) in [5.41, 5.74) is 3.02. The van der Waals surface area contributed by atoms with Gasteiger partial charge in [-0.05, 0) is 6.07 Å². The Balaban J connectivity index is 2.01. The fourth-order valence-electron chi connectivity index (χ4n) is 1.33. The maximum Gasteiger partial charge on any atom is 0.289 e. The highest BCUT2D eigenvalue weighted by Gasteiger charge is 2.05. The van der Waals surface area contributed by atoms with Gasteiger partial charge in [0, 0.05) is 23.9 Å². The molecule has 0 bridgehead atoms. The first-order valence-corrected chi connectivity index (χ1v) is 5.24. The van der Waals surface area contributed by atoms with Crippen LogP contribution in [-0.2, 0) is 0 Å². The van der Waals surface area contributed by atoms with Crippen LogP contribution in [0.15, 0.2) is 41.6 Å². The molecule has 0 fully saturated rings. The second-order valence-corrected chi connectivity index (χ2v) is 3.52. The Bertz CT molecular complexity index is 621.